The van der Waals surface area contributed by atoms with Gasteiger partial charge in [0, 0.05) is 42.8 Å². The molecule has 0 aliphatic carbocycles. The Labute approximate surface area is 154 Å². The Morgan fingerprint density at radius 2 is 1.96 bits per heavy atom. The van der Waals surface area contributed by atoms with Crippen LogP contribution in [0.1, 0.15) is 26.0 Å². The second-order valence-corrected chi connectivity index (χ2v) is 6.47. The summed E-state index contributed by atoms with van der Waals surface area (Å²) in [6.07, 6.45) is 1.09. The summed E-state index contributed by atoms with van der Waals surface area (Å²) in [7, 11) is 0. The zero-order valence-electron chi connectivity index (χ0n) is 14.9. The molecule has 142 valence electrons. The lowest BCUT2D eigenvalue weighted by molar-refractivity contribution is -0.141. The second-order valence-electron chi connectivity index (χ2n) is 6.47. The van der Waals surface area contributed by atoms with Crippen LogP contribution in [0, 0.1) is 5.92 Å². The predicted molar refractivity (Wildman–Crippen MR) is 95.2 cm³/mol. The molecule has 0 bridgehead atoms. The van der Waals surface area contributed by atoms with Gasteiger partial charge in [0.1, 0.15) is 5.82 Å². The first-order chi connectivity index (χ1) is 12.8. The van der Waals surface area contributed by atoms with Crippen LogP contribution in [0.15, 0.2) is 42.9 Å². The Morgan fingerprint density at radius 3 is 2.63 bits per heavy atom. The summed E-state index contributed by atoms with van der Waals surface area (Å²) in [6.45, 7) is 4.96. The molecule has 9 heteroatoms. The van der Waals surface area contributed by atoms with E-state index in [1.165, 1.54) is 12.4 Å². The minimum Gasteiger partial charge on any atom is -0.323 e. The van der Waals surface area contributed by atoms with Gasteiger partial charge in [0.05, 0.1) is 0 Å². The van der Waals surface area contributed by atoms with Gasteiger partial charge in [0.2, 0.25) is 0 Å². The molecule has 0 aliphatic rings. The molecule has 0 aromatic carbocycles. The first-order valence-corrected chi connectivity index (χ1v) is 8.48. The lowest BCUT2D eigenvalue weighted by Crippen LogP contribution is -2.11. The topological polar surface area (TPSA) is 68.5 Å². The Hall–Kier alpha value is -2.97. The molecule has 0 unspecified atom stereocenters. The van der Waals surface area contributed by atoms with E-state index in [-0.39, 0.29) is 11.6 Å². The van der Waals surface area contributed by atoms with E-state index in [0.29, 0.717) is 17.3 Å². The monoisotopic (exact) mass is 376 g/mol. The molecule has 0 radical (unpaired) electrons. The Balaban J connectivity index is 1.88. The molecule has 0 atom stereocenters. The summed E-state index contributed by atoms with van der Waals surface area (Å²) >= 11 is 0. The van der Waals surface area contributed by atoms with Crippen molar-refractivity contribution >= 4 is 11.6 Å². The first kappa shape index (κ1) is 18.8. The largest absolute Gasteiger partial charge is 0.433 e. The van der Waals surface area contributed by atoms with Crippen molar-refractivity contribution in [1.82, 2.24) is 24.7 Å². The van der Waals surface area contributed by atoms with E-state index in [1.807, 2.05) is 0 Å². The van der Waals surface area contributed by atoms with Gasteiger partial charge in [-0.3, -0.25) is 9.67 Å². The number of nitrogens with one attached hydrogen (secondary N) is 1. The van der Waals surface area contributed by atoms with Gasteiger partial charge in [-0.25, -0.2) is 9.97 Å². The highest BCUT2D eigenvalue weighted by atomic mass is 19.4. The molecule has 0 saturated heterocycles. The minimum absolute atomic E-state index is 0.0188. The van der Waals surface area contributed by atoms with Crippen molar-refractivity contribution < 1.29 is 13.2 Å². The number of nitrogens with zero attached hydrogens (tertiary/aromatic N) is 5. The third-order valence-electron chi connectivity index (χ3n) is 3.77. The van der Waals surface area contributed by atoms with Gasteiger partial charge >= 0.3 is 6.18 Å². The van der Waals surface area contributed by atoms with Crippen LogP contribution < -0.4 is 5.32 Å². The summed E-state index contributed by atoms with van der Waals surface area (Å²) in [4.78, 5) is 11.7. The molecule has 3 rings (SSSR count). The van der Waals surface area contributed by atoms with Crippen LogP contribution in [0.4, 0.5) is 24.8 Å². The van der Waals surface area contributed by atoms with Crippen LogP contribution in [0.2, 0.25) is 0 Å². The third-order valence-corrected chi connectivity index (χ3v) is 3.77. The number of halogens is 3. The second kappa shape index (κ2) is 7.73. The molecule has 0 aliphatic heterocycles. The lowest BCUT2D eigenvalue weighted by Gasteiger charge is -2.11. The summed E-state index contributed by atoms with van der Waals surface area (Å²) in [5, 5.41) is 7.15. The van der Waals surface area contributed by atoms with Crippen molar-refractivity contribution in [3.05, 3.63) is 48.5 Å². The molecule has 3 aromatic heterocycles. The van der Waals surface area contributed by atoms with Crippen LogP contribution in [0.5, 0.6) is 0 Å². The molecule has 0 amide bonds. The molecule has 3 heterocycles. The highest BCUT2D eigenvalue weighted by Gasteiger charge is 2.34. The van der Waals surface area contributed by atoms with E-state index in [9.17, 15) is 13.2 Å². The zero-order chi connectivity index (χ0) is 19.4. The molecule has 0 spiro atoms. The molecular formula is C18H19F3N6. The van der Waals surface area contributed by atoms with Gasteiger partial charge < -0.3 is 5.32 Å². The summed E-state index contributed by atoms with van der Waals surface area (Å²) in [5.74, 6) is 0.913. The number of pyridine rings is 1. The fourth-order valence-electron chi connectivity index (χ4n) is 2.36. The highest BCUT2D eigenvalue weighted by Crippen LogP contribution is 2.31. The third kappa shape index (κ3) is 5.02. The average Bonchev–Trinajstić information content (AvgIpc) is 3.07. The van der Waals surface area contributed by atoms with Crippen LogP contribution >= 0.6 is 0 Å². The van der Waals surface area contributed by atoms with Crippen LogP contribution in [-0.2, 0) is 12.7 Å². The normalized spacial score (nSPS) is 11.8. The van der Waals surface area contributed by atoms with Gasteiger partial charge in [-0.2, -0.15) is 18.3 Å². The van der Waals surface area contributed by atoms with Gasteiger partial charge in [-0.1, -0.05) is 13.8 Å². The molecule has 3 aromatic rings. The van der Waals surface area contributed by atoms with Crippen molar-refractivity contribution in [2.24, 2.45) is 5.92 Å². The predicted octanol–water partition coefficient (Wildman–Crippen LogP) is 4.54. The number of alkyl halides is 3. The Kier molecular flexibility index (Phi) is 5.38. The summed E-state index contributed by atoms with van der Waals surface area (Å²) in [6, 6.07) is 5.78. The van der Waals surface area contributed by atoms with Crippen LogP contribution in [0.25, 0.3) is 11.4 Å². The molecule has 1 N–H and O–H groups in total. The van der Waals surface area contributed by atoms with Crippen molar-refractivity contribution in [3.8, 4) is 11.4 Å². The van der Waals surface area contributed by atoms with Crippen molar-refractivity contribution in [3.63, 3.8) is 0 Å². The number of aryl methyl sites for hydroxylation is 1. The van der Waals surface area contributed by atoms with Gasteiger partial charge in [0.25, 0.3) is 0 Å². The van der Waals surface area contributed by atoms with E-state index in [2.05, 4.69) is 39.2 Å². The Bertz CT molecular complexity index is 890. The minimum atomic E-state index is -4.59. The zero-order valence-corrected chi connectivity index (χ0v) is 14.9. The molecule has 27 heavy (non-hydrogen) atoms. The number of hydrogen-bond acceptors (Lipinski definition) is 5. The van der Waals surface area contributed by atoms with Gasteiger partial charge in [-0.15, -0.1) is 0 Å². The first-order valence-electron chi connectivity index (χ1n) is 8.48. The lowest BCUT2D eigenvalue weighted by atomic mass is 10.1. The van der Waals surface area contributed by atoms with E-state index >= 15 is 0 Å². The Morgan fingerprint density at radius 1 is 1.15 bits per heavy atom. The molecule has 0 saturated carbocycles. The van der Waals surface area contributed by atoms with Crippen LogP contribution in [0.3, 0.4) is 0 Å². The maximum absolute atomic E-state index is 13.2. The van der Waals surface area contributed by atoms with E-state index in [1.54, 1.807) is 29.1 Å². The molecule has 0 fully saturated rings. The van der Waals surface area contributed by atoms with Gasteiger partial charge in [0.15, 0.2) is 17.3 Å². The maximum Gasteiger partial charge on any atom is 0.433 e. The number of rotatable bonds is 6. The smallest absolute Gasteiger partial charge is 0.323 e. The van der Waals surface area contributed by atoms with Gasteiger partial charge in [-0.05, 0) is 24.5 Å². The average molecular weight is 376 g/mol. The fraction of sp³-hybridized carbons (Fsp3) is 0.333. The van der Waals surface area contributed by atoms with Crippen molar-refractivity contribution in [2.45, 2.75) is 33.0 Å². The summed E-state index contributed by atoms with van der Waals surface area (Å²) in [5.41, 5.74) is -0.632. The molecular weight excluding hydrogens is 357 g/mol. The number of aromatic nitrogens is 5. The van der Waals surface area contributed by atoms with Crippen LogP contribution in [-0.4, -0.2) is 24.7 Å². The van der Waals surface area contributed by atoms with E-state index < -0.39 is 11.9 Å². The summed E-state index contributed by atoms with van der Waals surface area (Å²) < 4.78 is 41.4. The quantitative estimate of drug-likeness (QED) is 0.684. The highest BCUT2D eigenvalue weighted by molar-refractivity contribution is 5.59. The fourth-order valence-corrected chi connectivity index (χ4v) is 2.36. The molecule has 6 nitrogen and oxygen atoms in total. The van der Waals surface area contributed by atoms with Crippen molar-refractivity contribution in [2.75, 3.05) is 5.32 Å². The number of hydrogen-bond donors (Lipinski definition) is 1. The van der Waals surface area contributed by atoms with E-state index in [0.717, 1.165) is 19.0 Å². The van der Waals surface area contributed by atoms with Crippen molar-refractivity contribution in [1.29, 1.82) is 0 Å². The SMILES string of the molecule is CC(C)CCn1ccc(Nc2cc(C(F)(F)F)nc(-c3cccnc3)n2)n1. The number of anilines is 2. The van der Waals surface area contributed by atoms with E-state index in [4.69, 9.17) is 0 Å². The maximum atomic E-state index is 13.2. The standard InChI is InChI=1S/C18H19F3N6/c1-12(2)5-8-27-9-6-15(26-27)24-16-10-14(18(19,20)21)23-17(25-16)13-4-3-7-22-11-13/h3-4,6-7,9-12H,5,8H2,1-2H3,(H,23,24,25,26).